The van der Waals surface area contributed by atoms with Crippen molar-refractivity contribution in [3.05, 3.63) is 88.5 Å². The summed E-state index contributed by atoms with van der Waals surface area (Å²) in [7, 11) is -1.35. The van der Waals surface area contributed by atoms with Crippen molar-refractivity contribution >= 4 is 33.3 Å². The molecule has 3 aromatic carbocycles. The van der Waals surface area contributed by atoms with Gasteiger partial charge in [-0.1, -0.05) is 6.07 Å². The lowest BCUT2D eigenvalue weighted by molar-refractivity contribution is -0.385. The van der Waals surface area contributed by atoms with E-state index in [4.69, 9.17) is 8.92 Å². The number of benzene rings is 3. The predicted octanol–water partition coefficient (Wildman–Crippen LogP) is 3.08. The summed E-state index contributed by atoms with van der Waals surface area (Å²) < 4.78 is 35.0. The lowest BCUT2D eigenvalue weighted by atomic mass is 10.2. The molecule has 12 heteroatoms. The monoisotopic (exact) mass is 499 g/mol. The molecule has 0 aliphatic carbocycles. The van der Waals surface area contributed by atoms with E-state index in [2.05, 4.69) is 5.32 Å². The molecule has 1 N–H and O–H groups in total. The molecule has 0 spiro atoms. The zero-order valence-corrected chi connectivity index (χ0v) is 19.5. The van der Waals surface area contributed by atoms with E-state index in [-0.39, 0.29) is 22.8 Å². The molecule has 3 rings (SSSR count). The minimum Gasteiger partial charge on any atom is -0.497 e. The van der Waals surface area contributed by atoms with Gasteiger partial charge in [0.2, 0.25) is 5.91 Å². The number of amides is 2. The number of carbonyl (C=O) groups is 2. The molecular formula is C23H21N3O8S. The largest absolute Gasteiger partial charge is 0.497 e. The number of carbonyl (C=O) groups excluding carboxylic acids is 2. The highest BCUT2D eigenvalue weighted by molar-refractivity contribution is 7.87. The molecule has 0 heterocycles. The van der Waals surface area contributed by atoms with Crippen molar-refractivity contribution in [1.82, 2.24) is 4.90 Å². The fourth-order valence-corrected chi connectivity index (χ4v) is 3.93. The predicted molar refractivity (Wildman–Crippen MR) is 126 cm³/mol. The molecule has 0 unspecified atom stereocenters. The Kier molecular flexibility index (Phi) is 7.66. The number of nitro groups is 1. The quantitative estimate of drug-likeness (QED) is 0.269. The molecule has 0 saturated heterocycles. The van der Waals surface area contributed by atoms with Gasteiger partial charge in [0.05, 0.1) is 18.6 Å². The van der Waals surface area contributed by atoms with Crippen LogP contribution in [0.25, 0.3) is 0 Å². The van der Waals surface area contributed by atoms with Gasteiger partial charge in [0.15, 0.2) is 0 Å². The average Bonchev–Trinajstić information content (AvgIpc) is 2.84. The Labute approximate surface area is 201 Å². The Morgan fingerprint density at radius 2 is 1.63 bits per heavy atom. The third-order valence-corrected chi connectivity index (χ3v) is 5.97. The maximum Gasteiger partial charge on any atom is 0.339 e. The van der Waals surface area contributed by atoms with E-state index in [0.29, 0.717) is 11.4 Å². The first kappa shape index (κ1) is 25.2. The number of methoxy groups -OCH3 is 1. The van der Waals surface area contributed by atoms with Crippen LogP contribution in [0.3, 0.4) is 0 Å². The average molecular weight is 500 g/mol. The summed E-state index contributed by atoms with van der Waals surface area (Å²) in [5.41, 5.74) is 0.350. The van der Waals surface area contributed by atoms with Gasteiger partial charge < -0.3 is 19.1 Å². The summed E-state index contributed by atoms with van der Waals surface area (Å²) in [5, 5.41) is 13.6. The Morgan fingerprint density at radius 1 is 1.00 bits per heavy atom. The Morgan fingerprint density at radius 3 is 2.23 bits per heavy atom. The summed E-state index contributed by atoms with van der Waals surface area (Å²) >= 11 is 0. The highest BCUT2D eigenvalue weighted by Crippen LogP contribution is 2.23. The van der Waals surface area contributed by atoms with Crippen LogP contribution >= 0.6 is 0 Å². The van der Waals surface area contributed by atoms with Gasteiger partial charge in [0.1, 0.15) is 16.4 Å². The van der Waals surface area contributed by atoms with Crippen LogP contribution in [0.1, 0.15) is 10.4 Å². The van der Waals surface area contributed by atoms with Crippen molar-refractivity contribution in [2.75, 3.05) is 26.0 Å². The van der Waals surface area contributed by atoms with Crippen LogP contribution in [0, 0.1) is 10.1 Å². The second-order valence-corrected chi connectivity index (χ2v) is 8.80. The minimum atomic E-state index is -4.33. The molecule has 0 saturated carbocycles. The first-order valence-corrected chi connectivity index (χ1v) is 11.5. The van der Waals surface area contributed by atoms with E-state index in [1.807, 2.05) is 0 Å². The number of nitrogens with one attached hydrogen (secondary N) is 1. The molecule has 0 aromatic heterocycles. The van der Waals surface area contributed by atoms with Crippen molar-refractivity contribution < 1.29 is 31.9 Å². The molecular weight excluding hydrogens is 478 g/mol. The van der Waals surface area contributed by atoms with Crippen LogP contribution in [-0.2, 0) is 14.9 Å². The van der Waals surface area contributed by atoms with E-state index in [1.165, 1.54) is 55.5 Å². The third-order valence-electron chi connectivity index (χ3n) is 4.73. The Hall–Kier alpha value is -4.45. The molecule has 0 atom stereocenters. The Balaban J connectivity index is 1.62. The number of likely N-dealkylation sites (N-methyl/N-ethyl adjacent to an activating group) is 1. The normalized spacial score (nSPS) is 10.8. The van der Waals surface area contributed by atoms with Crippen molar-refractivity contribution in [1.29, 1.82) is 0 Å². The fraction of sp³-hybridized carbons (Fsp3) is 0.130. The summed E-state index contributed by atoms with van der Waals surface area (Å²) in [6.45, 7) is -0.218. The number of hydrogen-bond acceptors (Lipinski definition) is 8. The number of non-ortho nitro benzene ring substituents is 1. The maximum absolute atomic E-state index is 12.6. The van der Waals surface area contributed by atoms with Gasteiger partial charge in [0, 0.05) is 30.4 Å². The number of ether oxygens (including phenoxy) is 1. The van der Waals surface area contributed by atoms with Gasteiger partial charge >= 0.3 is 10.1 Å². The van der Waals surface area contributed by atoms with E-state index >= 15 is 0 Å². The molecule has 2 amide bonds. The van der Waals surface area contributed by atoms with Gasteiger partial charge in [-0.15, -0.1) is 0 Å². The van der Waals surface area contributed by atoms with Gasteiger partial charge in [-0.3, -0.25) is 19.7 Å². The number of anilines is 1. The molecule has 35 heavy (non-hydrogen) atoms. The van der Waals surface area contributed by atoms with Crippen LogP contribution in [0.2, 0.25) is 0 Å². The van der Waals surface area contributed by atoms with E-state index in [9.17, 15) is 28.1 Å². The zero-order valence-electron chi connectivity index (χ0n) is 18.7. The minimum absolute atomic E-state index is 0.0899. The lowest BCUT2D eigenvalue weighted by Crippen LogP contribution is -2.34. The summed E-state index contributed by atoms with van der Waals surface area (Å²) in [6.07, 6.45) is 0. The van der Waals surface area contributed by atoms with Crippen molar-refractivity contribution in [2.45, 2.75) is 4.90 Å². The first-order chi connectivity index (χ1) is 16.6. The summed E-state index contributed by atoms with van der Waals surface area (Å²) in [4.78, 5) is 35.9. The van der Waals surface area contributed by atoms with Crippen LogP contribution in [0.15, 0.2) is 77.7 Å². The van der Waals surface area contributed by atoms with E-state index in [0.717, 1.165) is 12.1 Å². The summed E-state index contributed by atoms with van der Waals surface area (Å²) in [6, 6.07) is 16.4. The number of nitrogens with zero attached hydrogens (tertiary/aromatic N) is 2. The topological polar surface area (TPSA) is 145 Å². The highest BCUT2D eigenvalue weighted by atomic mass is 32.2. The zero-order chi connectivity index (χ0) is 25.6. The first-order valence-electron chi connectivity index (χ1n) is 10.1. The second kappa shape index (κ2) is 10.7. The number of nitro benzene ring substituents is 1. The molecule has 0 radical (unpaired) electrons. The van der Waals surface area contributed by atoms with Crippen LogP contribution < -0.4 is 14.2 Å². The van der Waals surface area contributed by atoms with E-state index in [1.54, 1.807) is 24.3 Å². The van der Waals surface area contributed by atoms with Crippen LogP contribution in [0.4, 0.5) is 11.4 Å². The molecule has 0 fully saturated rings. The fourth-order valence-electron chi connectivity index (χ4n) is 2.96. The summed E-state index contributed by atoms with van der Waals surface area (Å²) in [5.74, 6) is -0.328. The molecule has 182 valence electrons. The van der Waals surface area contributed by atoms with E-state index < -0.39 is 32.5 Å². The molecule has 0 bridgehead atoms. The standard InChI is InChI=1S/C23H21N3O8S/c1-25(15-22(27)24-17-8-12-19(33-2)13-9-17)23(28)16-6-10-20(11-7-16)34-35(31,32)21-5-3-4-18(14-21)26(29)30/h3-14H,15H2,1-2H3,(H,24,27). The van der Waals surface area contributed by atoms with Crippen LogP contribution in [0.5, 0.6) is 11.5 Å². The number of rotatable bonds is 9. The van der Waals surface area contributed by atoms with Crippen molar-refractivity contribution in [2.24, 2.45) is 0 Å². The number of hydrogen-bond donors (Lipinski definition) is 1. The van der Waals surface area contributed by atoms with Crippen LogP contribution in [-0.4, -0.2) is 50.8 Å². The molecule has 11 nitrogen and oxygen atoms in total. The molecule has 0 aliphatic rings. The molecule has 0 aliphatic heterocycles. The maximum atomic E-state index is 12.6. The Bertz CT molecular complexity index is 1340. The molecule has 3 aromatic rings. The third kappa shape index (κ3) is 6.54. The van der Waals surface area contributed by atoms with Gasteiger partial charge in [-0.05, 0) is 54.6 Å². The SMILES string of the molecule is COc1ccc(NC(=O)CN(C)C(=O)c2ccc(OS(=O)(=O)c3cccc([N+](=O)[O-])c3)cc2)cc1. The van der Waals surface area contributed by atoms with Crippen molar-refractivity contribution in [3.8, 4) is 11.5 Å². The highest BCUT2D eigenvalue weighted by Gasteiger charge is 2.21. The second-order valence-electron chi connectivity index (χ2n) is 7.25. The smallest absolute Gasteiger partial charge is 0.339 e. The van der Waals surface area contributed by atoms with Crippen molar-refractivity contribution in [3.63, 3.8) is 0 Å². The lowest BCUT2D eigenvalue weighted by Gasteiger charge is -2.17. The van der Waals surface area contributed by atoms with Gasteiger partial charge in [-0.2, -0.15) is 8.42 Å². The van der Waals surface area contributed by atoms with Gasteiger partial charge in [-0.25, -0.2) is 0 Å². The van der Waals surface area contributed by atoms with Gasteiger partial charge in [0.25, 0.3) is 11.6 Å².